The molecule has 35 heavy (non-hydrogen) atoms. The number of carbonyl (C=O) groups is 2. The molecule has 0 bridgehead atoms. The van der Waals surface area contributed by atoms with Gasteiger partial charge in [-0.05, 0) is 80.3 Å². The van der Waals surface area contributed by atoms with Crippen molar-refractivity contribution in [1.29, 1.82) is 0 Å². The molecule has 1 N–H and O–H groups in total. The van der Waals surface area contributed by atoms with Gasteiger partial charge in [-0.3, -0.25) is 9.10 Å². The molecular weight excluding hydrogens is 491 g/mol. The van der Waals surface area contributed by atoms with E-state index >= 15 is 0 Å². The van der Waals surface area contributed by atoms with Crippen LogP contribution in [-0.4, -0.2) is 39.7 Å². The predicted octanol–water partition coefficient (Wildman–Crippen LogP) is 4.87. The molecule has 1 amide bonds. The van der Waals surface area contributed by atoms with E-state index in [4.69, 9.17) is 4.74 Å². The molecule has 184 valence electrons. The van der Waals surface area contributed by atoms with Crippen LogP contribution in [0.4, 0.5) is 15.8 Å². The van der Waals surface area contributed by atoms with Crippen molar-refractivity contribution in [1.82, 2.24) is 0 Å². The van der Waals surface area contributed by atoms with Gasteiger partial charge in [-0.25, -0.2) is 17.6 Å². The van der Waals surface area contributed by atoms with Gasteiger partial charge in [0, 0.05) is 10.6 Å². The zero-order valence-electron chi connectivity index (χ0n) is 19.4. The quantitative estimate of drug-likeness (QED) is 0.322. The topological polar surface area (TPSA) is 92.8 Å². The molecule has 3 aromatic rings. The maximum Gasteiger partial charge on any atom is 0.338 e. The van der Waals surface area contributed by atoms with E-state index < -0.39 is 34.3 Å². The van der Waals surface area contributed by atoms with Crippen LogP contribution in [0.3, 0.4) is 0 Å². The second kappa shape index (κ2) is 11.4. The predicted molar refractivity (Wildman–Crippen MR) is 135 cm³/mol. The van der Waals surface area contributed by atoms with Crippen molar-refractivity contribution in [2.45, 2.75) is 23.6 Å². The number of carbonyl (C=O) groups excluding carboxylic acids is 2. The van der Waals surface area contributed by atoms with E-state index in [1.165, 1.54) is 42.1 Å². The summed E-state index contributed by atoms with van der Waals surface area (Å²) in [6, 6.07) is 16.0. The van der Waals surface area contributed by atoms with Gasteiger partial charge < -0.3 is 10.1 Å². The van der Waals surface area contributed by atoms with Crippen LogP contribution in [-0.2, 0) is 19.6 Å². The summed E-state index contributed by atoms with van der Waals surface area (Å²) in [4.78, 5) is 26.0. The third-order valence-corrected chi connectivity index (χ3v) is 7.67. The van der Waals surface area contributed by atoms with Gasteiger partial charge in [0.1, 0.15) is 12.4 Å². The minimum absolute atomic E-state index is 0.00564. The Bertz CT molecular complexity index is 1330. The molecule has 0 atom stereocenters. The van der Waals surface area contributed by atoms with Crippen molar-refractivity contribution < 1.29 is 27.1 Å². The summed E-state index contributed by atoms with van der Waals surface area (Å²) in [6.07, 6.45) is 1.87. The van der Waals surface area contributed by atoms with Crippen LogP contribution < -0.4 is 9.62 Å². The zero-order chi connectivity index (χ0) is 25.6. The van der Waals surface area contributed by atoms with Crippen LogP contribution in [0.1, 0.15) is 22.8 Å². The highest BCUT2D eigenvalue weighted by atomic mass is 32.2. The van der Waals surface area contributed by atoms with E-state index in [-0.39, 0.29) is 22.8 Å². The fourth-order valence-electron chi connectivity index (χ4n) is 3.34. The van der Waals surface area contributed by atoms with Crippen molar-refractivity contribution in [2.75, 3.05) is 29.0 Å². The molecule has 0 aliphatic heterocycles. The molecule has 0 heterocycles. The van der Waals surface area contributed by atoms with E-state index in [2.05, 4.69) is 5.32 Å². The van der Waals surface area contributed by atoms with Crippen molar-refractivity contribution in [3.63, 3.8) is 0 Å². The number of thioether (sulfide) groups is 1. The Hall–Kier alpha value is -3.37. The van der Waals surface area contributed by atoms with Crippen LogP contribution in [0.15, 0.2) is 76.5 Å². The molecule has 0 fully saturated rings. The fourth-order valence-corrected chi connectivity index (χ4v) is 5.16. The highest BCUT2D eigenvalue weighted by molar-refractivity contribution is 7.98. The summed E-state index contributed by atoms with van der Waals surface area (Å²) >= 11 is 1.46. The molecule has 0 radical (unpaired) electrons. The lowest BCUT2D eigenvalue weighted by Crippen LogP contribution is -2.38. The number of nitrogens with one attached hydrogen (secondary N) is 1. The van der Waals surface area contributed by atoms with E-state index in [9.17, 15) is 22.4 Å². The second-order valence-corrected chi connectivity index (χ2v) is 10.2. The number of anilines is 2. The van der Waals surface area contributed by atoms with Crippen LogP contribution in [0, 0.1) is 12.7 Å². The Morgan fingerprint density at radius 1 is 1.06 bits per heavy atom. The number of nitrogens with zero attached hydrogens (tertiary/aromatic N) is 1. The van der Waals surface area contributed by atoms with Crippen molar-refractivity contribution in [3.8, 4) is 0 Å². The Morgan fingerprint density at radius 3 is 2.37 bits per heavy atom. The largest absolute Gasteiger partial charge is 0.462 e. The average Bonchev–Trinajstić information content (AvgIpc) is 2.84. The number of rotatable bonds is 9. The van der Waals surface area contributed by atoms with Gasteiger partial charge in [-0.2, -0.15) is 0 Å². The van der Waals surface area contributed by atoms with Crippen molar-refractivity contribution in [3.05, 3.63) is 83.7 Å². The van der Waals surface area contributed by atoms with Gasteiger partial charge in [0.25, 0.3) is 10.0 Å². The maximum atomic E-state index is 14.0. The van der Waals surface area contributed by atoms with Gasteiger partial charge >= 0.3 is 5.97 Å². The highest BCUT2D eigenvalue weighted by Crippen LogP contribution is 2.27. The molecule has 0 unspecified atom stereocenters. The number of hydrogen-bond donors (Lipinski definition) is 1. The third-order valence-electron chi connectivity index (χ3n) is 5.13. The summed E-state index contributed by atoms with van der Waals surface area (Å²) in [6.45, 7) is 2.93. The molecule has 10 heteroatoms. The lowest BCUT2D eigenvalue weighted by atomic mass is 10.1. The first-order chi connectivity index (χ1) is 16.7. The summed E-state index contributed by atoms with van der Waals surface area (Å²) in [5.41, 5.74) is 1.10. The number of ether oxygens (including phenoxy) is 1. The molecule has 0 saturated heterocycles. The zero-order valence-corrected chi connectivity index (χ0v) is 21.1. The summed E-state index contributed by atoms with van der Waals surface area (Å²) in [5.74, 6) is -1.83. The Kier molecular flexibility index (Phi) is 8.52. The number of benzene rings is 3. The second-order valence-electron chi connectivity index (χ2n) is 7.41. The van der Waals surface area contributed by atoms with Crippen molar-refractivity contribution in [2.24, 2.45) is 0 Å². The first-order valence-electron chi connectivity index (χ1n) is 10.7. The minimum Gasteiger partial charge on any atom is -0.462 e. The number of sulfonamides is 1. The van der Waals surface area contributed by atoms with E-state index in [0.717, 1.165) is 15.3 Å². The number of halogens is 1. The lowest BCUT2D eigenvalue weighted by Gasteiger charge is -2.24. The standard InChI is InChI=1S/C25H25FN2O5S2/c1-4-33-25(30)22-9-6-10-23(17(22)2)27-24(29)16-28(19-8-5-7-18(26)15-19)35(31,32)21-13-11-20(34-3)12-14-21/h5-15H,4,16H2,1-3H3,(H,27,29). The molecule has 7 nitrogen and oxygen atoms in total. The minimum atomic E-state index is -4.20. The van der Waals surface area contributed by atoms with Gasteiger partial charge in [0.05, 0.1) is 22.8 Å². The normalized spacial score (nSPS) is 11.1. The van der Waals surface area contributed by atoms with Crippen molar-refractivity contribution >= 4 is 45.0 Å². The summed E-state index contributed by atoms with van der Waals surface area (Å²) < 4.78 is 46.8. The van der Waals surface area contributed by atoms with Gasteiger partial charge in [-0.15, -0.1) is 11.8 Å². The number of hydrogen-bond acceptors (Lipinski definition) is 6. The molecule has 0 spiro atoms. The maximum absolute atomic E-state index is 14.0. The van der Waals surface area contributed by atoms with Crippen LogP contribution in [0.5, 0.6) is 0 Å². The first-order valence-corrected chi connectivity index (χ1v) is 13.3. The molecular formula is C25H25FN2O5S2. The lowest BCUT2D eigenvalue weighted by molar-refractivity contribution is -0.114. The smallest absolute Gasteiger partial charge is 0.338 e. The molecule has 3 rings (SSSR count). The number of esters is 1. The average molecular weight is 517 g/mol. The molecule has 0 aromatic heterocycles. The van der Waals surface area contributed by atoms with Crippen LogP contribution >= 0.6 is 11.8 Å². The Labute approximate surface area is 208 Å². The van der Waals surface area contributed by atoms with E-state index in [0.29, 0.717) is 11.3 Å². The van der Waals surface area contributed by atoms with Crippen LogP contribution in [0.25, 0.3) is 0 Å². The summed E-state index contributed by atoms with van der Waals surface area (Å²) in [5, 5.41) is 2.65. The Balaban J connectivity index is 1.93. The molecule has 3 aromatic carbocycles. The highest BCUT2D eigenvalue weighted by Gasteiger charge is 2.28. The fraction of sp³-hybridized carbons (Fsp3) is 0.200. The monoisotopic (exact) mass is 516 g/mol. The van der Waals surface area contributed by atoms with E-state index in [1.54, 1.807) is 44.2 Å². The first kappa shape index (κ1) is 26.2. The third kappa shape index (κ3) is 6.20. The van der Waals surface area contributed by atoms with Gasteiger partial charge in [0.2, 0.25) is 5.91 Å². The Morgan fingerprint density at radius 2 is 1.74 bits per heavy atom. The molecule has 0 aliphatic carbocycles. The number of amides is 1. The SMILES string of the molecule is CCOC(=O)c1cccc(NC(=O)CN(c2cccc(F)c2)S(=O)(=O)c2ccc(SC)cc2)c1C. The van der Waals surface area contributed by atoms with Crippen LogP contribution in [0.2, 0.25) is 0 Å². The molecule has 0 aliphatic rings. The van der Waals surface area contributed by atoms with Gasteiger partial charge in [0.15, 0.2) is 0 Å². The summed E-state index contributed by atoms with van der Waals surface area (Å²) in [7, 11) is -4.20. The van der Waals surface area contributed by atoms with E-state index in [1.807, 2.05) is 6.26 Å². The van der Waals surface area contributed by atoms with Gasteiger partial charge in [-0.1, -0.05) is 12.1 Å². The molecule has 0 saturated carbocycles.